The lowest BCUT2D eigenvalue weighted by molar-refractivity contribution is -0.120. The van der Waals surface area contributed by atoms with E-state index < -0.39 is 0 Å². The Morgan fingerprint density at radius 1 is 1.30 bits per heavy atom. The van der Waals surface area contributed by atoms with Gasteiger partial charge < -0.3 is 9.73 Å². The van der Waals surface area contributed by atoms with E-state index in [-0.39, 0.29) is 11.2 Å². The molecule has 6 heteroatoms. The first kappa shape index (κ1) is 17.9. The van der Waals surface area contributed by atoms with Crippen LogP contribution in [0.3, 0.4) is 0 Å². The van der Waals surface area contributed by atoms with Gasteiger partial charge in [0.1, 0.15) is 6.26 Å². The number of benzene rings is 1. The smallest absolute Gasteiger partial charge is 0.232 e. The van der Waals surface area contributed by atoms with E-state index in [4.69, 9.17) is 16.0 Å². The van der Waals surface area contributed by atoms with Gasteiger partial charge in [-0.2, -0.15) is 0 Å². The minimum absolute atomic E-state index is 0.0603. The number of thioether (sulfide) groups is 1. The maximum Gasteiger partial charge on any atom is 0.232 e. The fourth-order valence-electron chi connectivity index (χ4n) is 1.83. The second-order valence-corrected chi connectivity index (χ2v) is 7.51. The Kier molecular flexibility index (Phi) is 6.54. The standard InChI is InChI=1S/C17H21ClN2O2S/c1-11(2)8-19-16(21)12(3)23-10-15-9-22-17(20-15)13-4-6-14(18)7-5-13/h4-7,9,11-12H,8,10H2,1-3H3,(H,19,21). The molecule has 124 valence electrons. The number of hydrogen-bond donors (Lipinski definition) is 1. The molecule has 0 saturated carbocycles. The highest BCUT2D eigenvalue weighted by Crippen LogP contribution is 2.23. The van der Waals surface area contributed by atoms with Crippen molar-refractivity contribution in [1.82, 2.24) is 10.3 Å². The number of nitrogens with one attached hydrogen (secondary N) is 1. The summed E-state index contributed by atoms with van der Waals surface area (Å²) in [6.45, 7) is 6.76. The van der Waals surface area contributed by atoms with E-state index in [0.717, 1.165) is 11.3 Å². The first-order chi connectivity index (χ1) is 11.0. The maximum atomic E-state index is 11.9. The second kappa shape index (κ2) is 8.41. The van der Waals surface area contributed by atoms with E-state index in [9.17, 15) is 4.79 Å². The summed E-state index contributed by atoms with van der Waals surface area (Å²) in [7, 11) is 0. The molecule has 0 aliphatic heterocycles. The van der Waals surface area contributed by atoms with Gasteiger partial charge in [-0.25, -0.2) is 4.98 Å². The monoisotopic (exact) mass is 352 g/mol. The van der Waals surface area contributed by atoms with Gasteiger partial charge in [0, 0.05) is 22.9 Å². The van der Waals surface area contributed by atoms with Crippen molar-refractivity contribution in [2.45, 2.75) is 31.8 Å². The van der Waals surface area contributed by atoms with Crippen LogP contribution in [0.1, 0.15) is 26.5 Å². The summed E-state index contributed by atoms with van der Waals surface area (Å²) in [6.07, 6.45) is 1.63. The van der Waals surface area contributed by atoms with Crippen LogP contribution in [0.5, 0.6) is 0 Å². The predicted molar refractivity (Wildman–Crippen MR) is 95.6 cm³/mol. The molecular weight excluding hydrogens is 332 g/mol. The predicted octanol–water partition coefficient (Wildman–Crippen LogP) is 4.39. The van der Waals surface area contributed by atoms with Gasteiger partial charge in [0.2, 0.25) is 11.8 Å². The van der Waals surface area contributed by atoms with Crippen LogP contribution in [0.25, 0.3) is 11.5 Å². The molecule has 1 amide bonds. The van der Waals surface area contributed by atoms with Crippen LogP contribution in [0.4, 0.5) is 0 Å². The highest BCUT2D eigenvalue weighted by Gasteiger charge is 2.15. The van der Waals surface area contributed by atoms with Crippen LogP contribution in [-0.4, -0.2) is 22.7 Å². The van der Waals surface area contributed by atoms with Crippen molar-refractivity contribution in [3.63, 3.8) is 0 Å². The fraction of sp³-hybridized carbons (Fsp3) is 0.412. The quantitative estimate of drug-likeness (QED) is 0.803. The molecule has 4 nitrogen and oxygen atoms in total. The third kappa shape index (κ3) is 5.59. The number of oxazole rings is 1. The lowest BCUT2D eigenvalue weighted by atomic mass is 10.2. The number of carbonyl (C=O) groups excluding carboxylic acids is 1. The Bertz CT molecular complexity index is 640. The Morgan fingerprint density at radius 3 is 2.65 bits per heavy atom. The topological polar surface area (TPSA) is 55.1 Å². The first-order valence-electron chi connectivity index (χ1n) is 7.55. The Labute approximate surface area is 146 Å². The molecule has 0 radical (unpaired) electrons. The fourth-order valence-corrected chi connectivity index (χ4v) is 2.75. The van der Waals surface area contributed by atoms with Gasteiger partial charge in [-0.1, -0.05) is 25.4 Å². The zero-order chi connectivity index (χ0) is 16.8. The lowest BCUT2D eigenvalue weighted by Crippen LogP contribution is -2.33. The number of carbonyl (C=O) groups is 1. The largest absolute Gasteiger partial charge is 0.444 e. The second-order valence-electron chi connectivity index (χ2n) is 5.74. The highest BCUT2D eigenvalue weighted by atomic mass is 35.5. The molecule has 0 fully saturated rings. The third-order valence-electron chi connectivity index (χ3n) is 3.18. The molecule has 1 heterocycles. The first-order valence-corrected chi connectivity index (χ1v) is 8.98. The Balaban J connectivity index is 1.87. The van der Waals surface area contributed by atoms with Crippen molar-refractivity contribution in [1.29, 1.82) is 0 Å². The molecule has 1 atom stereocenters. The highest BCUT2D eigenvalue weighted by molar-refractivity contribution is 7.99. The van der Waals surface area contributed by atoms with Crippen molar-refractivity contribution in [2.24, 2.45) is 5.92 Å². The molecule has 0 spiro atoms. The summed E-state index contributed by atoms with van der Waals surface area (Å²) in [5, 5.41) is 3.50. The number of nitrogens with zero attached hydrogens (tertiary/aromatic N) is 1. The number of aromatic nitrogens is 1. The number of rotatable bonds is 7. The van der Waals surface area contributed by atoms with Gasteiger partial charge in [0.05, 0.1) is 10.9 Å². The molecule has 2 aromatic rings. The van der Waals surface area contributed by atoms with Gasteiger partial charge in [-0.05, 0) is 37.1 Å². The lowest BCUT2D eigenvalue weighted by Gasteiger charge is -2.12. The van der Waals surface area contributed by atoms with E-state index in [2.05, 4.69) is 24.1 Å². The molecule has 1 unspecified atom stereocenters. The average molecular weight is 353 g/mol. The summed E-state index contributed by atoms with van der Waals surface area (Å²) >= 11 is 7.42. The molecule has 1 aromatic carbocycles. The molecule has 0 aliphatic carbocycles. The number of hydrogen-bond acceptors (Lipinski definition) is 4. The van der Waals surface area contributed by atoms with Crippen LogP contribution < -0.4 is 5.32 Å². The number of halogens is 1. The van der Waals surface area contributed by atoms with Crippen molar-refractivity contribution in [3.05, 3.63) is 41.2 Å². The van der Waals surface area contributed by atoms with Crippen LogP contribution in [0.15, 0.2) is 34.9 Å². The summed E-state index contributed by atoms with van der Waals surface area (Å²) < 4.78 is 5.49. The summed E-state index contributed by atoms with van der Waals surface area (Å²) in [5.74, 6) is 1.71. The average Bonchev–Trinajstić information content (AvgIpc) is 2.99. The van der Waals surface area contributed by atoms with Crippen molar-refractivity contribution >= 4 is 29.3 Å². The molecule has 0 aliphatic rings. The van der Waals surface area contributed by atoms with E-state index in [0.29, 0.717) is 29.1 Å². The van der Waals surface area contributed by atoms with E-state index in [1.54, 1.807) is 30.2 Å². The summed E-state index contributed by atoms with van der Waals surface area (Å²) in [5.41, 5.74) is 1.71. The summed E-state index contributed by atoms with van der Waals surface area (Å²) in [4.78, 5) is 16.4. The minimum atomic E-state index is -0.121. The van der Waals surface area contributed by atoms with Crippen molar-refractivity contribution in [3.8, 4) is 11.5 Å². The van der Waals surface area contributed by atoms with E-state index >= 15 is 0 Å². The summed E-state index contributed by atoms with van der Waals surface area (Å²) in [6, 6.07) is 7.34. The van der Waals surface area contributed by atoms with E-state index in [1.165, 1.54) is 0 Å². The van der Waals surface area contributed by atoms with E-state index in [1.807, 2.05) is 19.1 Å². The van der Waals surface area contributed by atoms with Gasteiger partial charge in [0.25, 0.3) is 0 Å². The Hall–Kier alpha value is -1.46. The minimum Gasteiger partial charge on any atom is -0.444 e. The zero-order valence-corrected chi connectivity index (χ0v) is 15.1. The Morgan fingerprint density at radius 2 is 2.00 bits per heavy atom. The zero-order valence-electron chi connectivity index (χ0n) is 13.5. The van der Waals surface area contributed by atoms with Crippen LogP contribution in [-0.2, 0) is 10.5 Å². The molecule has 0 saturated heterocycles. The molecular formula is C17H21ClN2O2S. The van der Waals surface area contributed by atoms with Crippen molar-refractivity contribution < 1.29 is 9.21 Å². The van der Waals surface area contributed by atoms with Crippen molar-refractivity contribution in [2.75, 3.05) is 6.54 Å². The van der Waals surface area contributed by atoms with Gasteiger partial charge in [-0.15, -0.1) is 11.8 Å². The van der Waals surface area contributed by atoms with Crippen LogP contribution in [0.2, 0.25) is 5.02 Å². The van der Waals surface area contributed by atoms with Gasteiger partial charge >= 0.3 is 0 Å². The van der Waals surface area contributed by atoms with Gasteiger partial charge in [0.15, 0.2) is 0 Å². The van der Waals surface area contributed by atoms with Crippen LogP contribution in [0, 0.1) is 5.92 Å². The molecule has 1 aromatic heterocycles. The molecule has 1 N–H and O–H groups in total. The normalized spacial score (nSPS) is 12.4. The molecule has 2 rings (SSSR count). The van der Waals surface area contributed by atoms with Gasteiger partial charge in [-0.3, -0.25) is 4.79 Å². The number of amides is 1. The molecule has 23 heavy (non-hydrogen) atoms. The molecule has 0 bridgehead atoms. The third-order valence-corrected chi connectivity index (χ3v) is 4.61. The SMILES string of the molecule is CC(C)CNC(=O)C(C)SCc1coc(-c2ccc(Cl)cc2)n1. The maximum absolute atomic E-state index is 11.9. The van der Waals surface area contributed by atoms with Crippen LogP contribution >= 0.6 is 23.4 Å².